The molecule has 0 bridgehead atoms. The highest BCUT2D eigenvalue weighted by molar-refractivity contribution is 4.94. The minimum absolute atomic E-state index is 0.0917. The summed E-state index contributed by atoms with van der Waals surface area (Å²) in [5.74, 6) is -0.307. The van der Waals surface area contributed by atoms with Gasteiger partial charge >= 0.3 is 0 Å². The van der Waals surface area contributed by atoms with Gasteiger partial charge in [-0.3, -0.25) is 0 Å². The third-order valence-corrected chi connectivity index (χ3v) is 3.95. The summed E-state index contributed by atoms with van der Waals surface area (Å²) < 4.78 is 11.5. The molecule has 2 N–H and O–H groups in total. The monoisotopic (exact) mass is 216 g/mol. The molecule has 0 saturated carbocycles. The molecule has 2 rings (SSSR count). The lowest BCUT2D eigenvalue weighted by atomic mass is 9.78. The molecule has 2 fully saturated rings. The Kier molecular flexibility index (Phi) is 3.03. The van der Waals surface area contributed by atoms with Crippen LogP contribution in [0, 0.1) is 11.8 Å². The third kappa shape index (κ3) is 1.69. The second-order valence-corrected chi connectivity index (χ2v) is 4.74. The topological polar surface area (TPSA) is 58.9 Å². The van der Waals surface area contributed by atoms with Crippen molar-refractivity contribution < 1.29 is 19.7 Å². The Morgan fingerprint density at radius 2 is 2.13 bits per heavy atom. The zero-order valence-corrected chi connectivity index (χ0v) is 9.35. The summed E-state index contributed by atoms with van der Waals surface area (Å²) in [4.78, 5) is 0. The number of hydrogen-bond acceptors (Lipinski definition) is 4. The first-order valence-corrected chi connectivity index (χ1v) is 5.71. The van der Waals surface area contributed by atoms with E-state index < -0.39 is 18.0 Å². The van der Waals surface area contributed by atoms with Gasteiger partial charge in [0.2, 0.25) is 0 Å². The molecule has 1 spiro atoms. The molecule has 4 heteroatoms. The van der Waals surface area contributed by atoms with Crippen molar-refractivity contribution in [3.8, 4) is 0 Å². The predicted molar refractivity (Wildman–Crippen MR) is 54.2 cm³/mol. The lowest BCUT2D eigenvalue weighted by Gasteiger charge is -2.48. The molecule has 2 heterocycles. The first-order valence-electron chi connectivity index (χ1n) is 5.71. The molecule has 0 radical (unpaired) electrons. The Hall–Kier alpha value is -0.160. The molecule has 0 aromatic heterocycles. The average molecular weight is 216 g/mol. The summed E-state index contributed by atoms with van der Waals surface area (Å²) in [6.07, 6.45) is 0.752. The second-order valence-electron chi connectivity index (χ2n) is 4.74. The lowest BCUT2D eigenvalue weighted by molar-refractivity contribution is -0.322. The van der Waals surface area contributed by atoms with E-state index in [4.69, 9.17) is 14.6 Å². The Morgan fingerprint density at radius 1 is 1.40 bits per heavy atom. The number of ether oxygens (including phenoxy) is 2. The van der Waals surface area contributed by atoms with Gasteiger partial charge in [0.05, 0.1) is 19.3 Å². The Balaban J connectivity index is 2.19. The van der Waals surface area contributed by atoms with Crippen LogP contribution in [-0.2, 0) is 9.47 Å². The van der Waals surface area contributed by atoms with Gasteiger partial charge in [-0.2, -0.15) is 0 Å². The molecule has 2 saturated heterocycles. The fourth-order valence-corrected chi connectivity index (χ4v) is 2.70. The normalized spacial score (nSPS) is 51.2. The van der Waals surface area contributed by atoms with Gasteiger partial charge in [0, 0.05) is 12.3 Å². The van der Waals surface area contributed by atoms with E-state index in [2.05, 4.69) is 0 Å². The highest BCUT2D eigenvalue weighted by Crippen LogP contribution is 2.44. The van der Waals surface area contributed by atoms with Crippen LogP contribution in [0.3, 0.4) is 0 Å². The highest BCUT2D eigenvalue weighted by Gasteiger charge is 2.52. The van der Waals surface area contributed by atoms with E-state index in [1.807, 2.05) is 13.8 Å². The smallest absolute Gasteiger partial charge is 0.171 e. The number of rotatable bonds is 1. The van der Waals surface area contributed by atoms with Crippen LogP contribution in [0.15, 0.2) is 0 Å². The van der Waals surface area contributed by atoms with Crippen LogP contribution in [-0.4, -0.2) is 41.4 Å². The van der Waals surface area contributed by atoms with Crippen LogP contribution in [0.1, 0.15) is 26.7 Å². The van der Waals surface area contributed by atoms with Gasteiger partial charge in [-0.25, -0.2) is 0 Å². The van der Waals surface area contributed by atoms with E-state index in [-0.39, 0.29) is 18.4 Å². The van der Waals surface area contributed by atoms with E-state index in [9.17, 15) is 5.11 Å². The van der Waals surface area contributed by atoms with Gasteiger partial charge in [-0.05, 0) is 12.3 Å². The minimum atomic E-state index is -0.597. The molecule has 0 aliphatic carbocycles. The summed E-state index contributed by atoms with van der Waals surface area (Å²) in [7, 11) is 0. The molecular formula is C11H20O4. The summed E-state index contributed by atoms with van der Waals surface area (Å²) >= 11 is 0. The molecule has 0 aromatic carbocycles. The first kappa shape index (κ1) is 11.3. The maximum absolute atomic E-state index is 9.91. The van der Waals surface area contributed by atoms with Gasteiger partial charge in [-0.15, -0.1) is 0 Å². The van der Waals surface area contributed by atoms with E-state index in [0.29, 0.717) is 6.61 Å². The molecular weight excluding hydrogens is 196 g/mol. The lowest BCUT2D eigenvalue weighted by Crippen LogP contribution is -2.57. The van der Waals surface area contributed by atoms with Crippen molar-refractivity contribution in [1.29, 1.82) is 0 Å². The first-order chi connectivity index (χ1) is 7.10. The van der Waals surface area contributed by atoms with Crippen molar-refractivity contribution in [2.24, 2.45) is 11.8 Å². The Morgan fingerprint density at radius 3 is 2.67 bits per heavy atom. The standard InChI is InChI=1S/C11H20O4/c1-7-8(2)11(4-3-5-14-11)15-9(6-12)10(7)13/h7-10,12-13H,3-6H2,1-2H3/t7-,8-,9-,10+,11+/m0/s1. The fourth-order valence-electron chi connectivity index (χ4n) is 2.70. The zero-order chi connectivity index (χ0) is 11.1. The molecule has 4 nitrogen and oxygen atoms in total. The summed E-state index contributed by atoms with van der Waals surface area (Å²) in [5.41, 5.74) is 0. The van der Waals surface area contributed by atoms with Crippen molar-refractivity contribution >= 4 is 0 Å². The number of hydrogen-bond donors (Lipinski definition) is 2. The fraction of sp³-hybridized carbons (Fsp3) is 1.00. The minimum Gasteiger partial charge on any atom is -0.394 e. The Bertz CT molecular complexity index is 223. The van der Waals surface area contributed by atoms with Gasteiger partial charge in [0.1, 0.15) is 6.10 Å². The Labute approximate surface area is 90.2 Å². The van der Waals surface area contributed by atoms with E-state index in [0.717, 1.165) is 12.8 Å². The van der Waals surface area contributed by atoms with Gasteiger partial charge in [-0.1, -0.05) is 13.8 Å². The summed E-state index contributed by atoms with van der Waals surface area (Å²) in [6, 6.07) is 0. The maximum atomic E-state index is 9.91. The van der Waals surface area contributed by atoms with E-state index in [1.165, 1.54) is 0 Å². The molecule has 2 aliphatic rings. The molecule has 15 heavy (non-hydrogen) atoms. The SMILES string of the molecule is C[C@@H]1[C@@H](O)[C@H](CO)O[C@]2(CCCO2)[C@H]1C. The third-order valence-electron chi connectivity index (χ3n) is 3.95. The van der Waals surface area contributed by atoms with Crippen LogP contribution in [0.25, 0.3) is 0 Å². The number of aliphatic hydroxyl groups excluding tert-OH is 2. The van der Waals surface area contributed by atoms with E-state index in [1.54, 1.807) is 0 Å². The predicted octanol–water partition coefficient (Wildman–Crippen LogP) is 0.517. The van der Waals surface area contributed by atoms with Crippen LogP contribution in [0.2, 0.25) is 0 Å². The summed E-state index contributed by atoms with van der Waals surface area (Å²) in [5, 5.41) is 19.1. The van der Waals surface area contributed by atoms with Crippen molar-refractivity contribution in [2.75, 3.05) is 13.2 Å². The van der Waals surface area contributed by atoms with Gasteiger partial charge in [0.15, 0.2) is 5.79 Å². The highest BCUT2D eigenvalue weighted by atomic mass is 16.7. The average Bonchev–Trinajstić information content (AvgIpc) is 2.70. The summed E-state index contributed by atoms with van der Waals surface area (Å²) in [6.45, 7) is 4.60. The van der Waals surface area contributed by atoms with Crippen LogP contribution in [0.4, 0.5) is 0 Å². The van der Waals surface area contributed by atoms with Crippen molar-refractivity contribution in [3.63, 3.8) is 0 Å². The molecule has 88 valence electrons. The second kappa shape index (κ2) is 4.01. The van der Waals surface area contributed by atoms with Crippen LogP contribution >= 0.6 is 0 Å². The van der Waals surface area contributed by atoms with Crippen LogP contribution < -0.4 is 0 Å². The molecule has 2 aliphatic heterocycles. The molecule has 0 unspecified atom stereocenters. The van der Waals surface area contributed by atoms with Crippen molar-refractivity contribution in [1.82, 2.24) is 0 Å². The largest absolute Gasteiger partial charge is 0.394 e. The van der Waals surface area contributed by atoms with Gasteiger partial charge in [0.25, 0.3) is 0 Å². The maximum Gasteiger partial charge on any atom is 0.171 e. The molecule has 5 atom stereocenters. The van der Waals surface area contributed by atoms with Crippen molar-refractivity contribution in [3.05, 3.63) is 0 Å². The van der Waals surface area contributed by atoms with E-state index >= 15 is 0 Å². The molecule has 0 amide bonds. The van der Waals surface area contributed by atoms with Crippen molar-refractivity contribution in [2.45, 2.75) is 44.7 Å². The molecule has 0 aromatic rings. The van der Waals surface area contributed by atoms with Crippen LogP contribution in [0.5, 0.6) is 0 Å². The van der Waals surface area contributed by atoms with Gasteiger partial charge < -0.3 is 19.7 Å². The quantitative estimate of drug-likeness (QED) is 0.671. The zero-order valence-electron chi connectivity index (χ0n) is 9.35. The number of aliphatic hydroxyl groups is 2.